The Morgan fingerprint density at radius 1 is 1.04 bits per heavy atom. The second kappa shape index (κ2) is 7.05. The Hall–Kier alpha value is -1.69. The highest BCUT2D eigenvalue weighted by Crippen LogP contribution is 2.34. The number of sulfonamides is 1. The zero-order valence-corrected chi connectivity index (χ0v) is 14.5. The molecule has 128 valence electrons. The Bertz CT molecular complexity index is 762. The molecule has 2 N–H and O–H groups in total. The number of aryl methyl sites for hydroxylation is 1. The molecule has 0 spiro atoms. The van der Waals surface area contributed by atoms with Crippen molar-refractivity contribution in [3.8, 4) is 0 Å². The van der Waals surface area contributed by atoms with Crippen molar-refractivity contribution >= 4 is 10.0 Å². The molecule has 0 aliphatic heterocycles. The van der Waals surface area contributed by atoms with Crippen LogP contribution in [-0.2, 0) is 10.0 Å². The maximum Gasteiger partial charge on any atom is 0.241 e. The van der Waals surface area contributed by atoms with E-state index in [9.17, 15) is 13.5 Å². The zero-order valence-electron chi connectivity index (χ0n) is 13.7. The number of fused-ring (bicyclic) bond motifs is 2. The molecule has 0 unspecified atom stereocenters. The summed E-state index contributed by atoms with van der Waals surface area (Å²) in [4.78, 5) is 0.281. The van der Waals surface area contributed by atoms with Gasteiger partial charge in [0.05, 0.1) is 4.90 Å². The van der Waals surface area contributed by atoms with Crippen LogP contribution in [0.4, 0.5) is 0 Å². The summed E-state index contributed by atoms with van der Waals surface area (Å²) in [5.41, 5.74) is 1.03. The van der Waals surface area contributed by atoms with E-state index in [1.165, 1.54) is 0 Å². The highest BCUT2D eigenvalue weighted by molar-refractivity contribution is 7.89. The van der Waals surface area contributed by atoms with Gasteiger partial charge < -0.3 is 5.11 Å². The minimum Gasteiger partial charge on any atom is -0.396 e. The maximum absolute atomic E-state index is 12.7. The minimum absolute atomic E-state index is 0.0864. The maximum atomic E-state index is 12.7. The summed E-state index contributed by atoms with van der Waals surface area (Å²) >= 11 is 0. The number of hydrogen-bond acceptors (Lipinski definition) is 3. The summed E-state index contributed by atoms with van der Waals surface area (Å²) in [6.07, 6.45) is 12.6. The average molecular weight is 345 g/mol. The van der Waals surface area contributed by atoms with Crippen LogP contribution in [0.2, 0.25) is 0 Å². The van der Waals surface area contributed by atoms with E-state index in [4.69, 9.17) is 0 Å². The molecule has 0 saturated heterocycles. The predicted molar refractivity (Wildman–Crippen MR) is 94.9 cm³/mol. The molecule has 2 aliphatic carbocycles. The third-order valence-corrected chi connectivity index (χ3v) is 6.26. The van der Waals surface area contributed by atoms with E-state index < -0.39 is 10.0 Å². The molecular weight excluding hydrogens is 322 g/mol. The molecular formula is C19H23NO3S. The first-order valence-corrected chi connectivity index (χ1v) is 9.71. The van der Waals surface area contributed by atoms with Gasteiger partial charge in [0.25, 0.3) is 0 Å². The molecule has 4 nitrogen and oxygen atoms in total. The Morgan fingerprint density at radius 2 is 1.71 bits per heavy atom. The van der Waals surface area contributed by atoms with E-state index in [1.54, 1.807) is 24.3 Å². The van der Waals surface area contributed by atoms with Gasteiger partial charge in [0.15, 0.2) is 0 Å². The van der Waals surface area contributed by atoms with Crippen molar-refractivity contribution in [1.82, 2.24) is 4.72 Å². The molecule has 0 aromatic heterocycles. The van der Waals surface area contributed by atoms with Gasteiger partial charge in [-0.2, -0.15) is 0 Å². The summed E-state index contributed by atoms with van der Waals surface area (Å²) < 4.78 is 28.2. The van der Waals surface area contributed by atoms with Crippen LogP contribution in [0.25, 0.3) is 0 Å². The lowest BCUT2D eigenvalue weighted by atomic mass is 9.89. The Balaban J connectivity index is 1.82. The summed E-state index contributed by atoms with van der Waals surface area (Å²) in [7, 11) is -3.57. The number of aliphatic hydroxyl groups is 1. The summed E-state index contributed by atoms with van der Waals surface area (Å²) in [6, 6.07) is 6.57. The van der Waals surface area contributed by atoms with Crippen molar-refractivity contribution in [2.75, 3.05) is 6.61 Å². The van der Waals surface area contributed by atoms with Crippen LogP contribution in [0.1, 0.15) is 12.0 Å². The van der Waals surface area contributed by atoms with Crippen molar-refractivity contribution in [2.45, 2.75) is 24.3 Å². The standard InChI is InChI=1S/C19H23NO3S/c1-14-6-10-18(11-7-14)24(22,23)20-19-5-3-2-4-17(13-21)15-8-9-16(19)12-15/h2-11,15-17,19-21H,12-13H2,1H3/b4-2-,5-3-/t15-,16+,17+,19+/m0/s1. The number of hydrogen-bond donors (Lipinski definition) is 2. The van der Waals surface area contributed by atoms with E-state index in [1.807, 2.05) is 31.2 Å². The van der Waals surface area contributed by atoms with Crippen LogP contribution >= 0.6 is 0 Å². The highest BCUT2D eigenvalue weighted by Gasteiger charge is 2.31. The van der Waals surface area contributed by atoms with E-state index in [0.717, 1.165) is 12.0 Å². The number of allylic oxidation sites excluding steroid dienone is 3. The SMILES string of the molecule is Cc1ccc(S(=O)(=O)N[C@@H]2/C=C\C=C/[C@H](CO)[C@H]3C=C[C@@H]2C3)cc1. The van der Waals surface area contributed by atoms with Gasteiger partial charge in [-0.05, 0) is 37.3 Å². The molecule has 24 heavy (non-hydrogen) atoms. The lowest BCUT2D eigenvalue weighted by Gasteiger charge is -2.23. The van der Waals surface area contributed by atoms with Gasteiger partial charge in [0.1, 0.15) is 0 Å². The van der Waals surface area contributed by atoms with Crippen LogP contribution in [0.3, 0.4) is 0 Å². The Labute approximate surface area is 143 Å². The third kappa shape index (κ3) is 3.69. The lowest BCUT2D eigenvalue weighted by molar-refractivity contribution is 0.218. The normalized spacial score (nSPS) is 31.9. The van der Waals surface area contributed by atoms with Crippen LogP contribution < -0.4 is 4.72 Å². The van der Waals surface area contributed by atoms with Gasteiger partial charge in [0, 0.05) is 18.6 Å². The molecule has 0 heterocycles. The van der Waals surface area contributed by atoms with Gasteiger partial charge in [0.2, 0.25) is 10.0 Å². The van der Waals surface area contributed by atoms with Gasteiger partial charge >= 0.3 is 0 Å². The lowest BCUT2D eigenvalue weighted by Crippen LogP contribution is -2.38. The van der Waals surface area contributed by atoms with Crippen molar-refractivity contribution in [3.63, 3.8) is 0 Å². The number of rotatable bonds is 4. The average Bonchev–Trinajstić information content (AvgIpc) is 3.05. The molecule has 5 heteroatoms. The first kappa shape index (κ1) is 17.1. The second-order valence-electron chi connectivity index (χ2n) is 6.52. The van der Waals surface area contributed by atoms with E-state index in [2.05, 4.69) is 16.9 Å². The monoisotopic (exact) mass is 345 g/mol. The topological polar surface area (TPSA) is 66.4 Å². The van der Waals surface area contributed by atoms with Crippen molar-refractivity contribution in [3.05, 3.63) is 66.3 Å². The van der Waals surface area contributed by atoms with Gasteiger partial charge in [-0.1, -0.05) is 54.2 Å². The molecule has 0 saturated carbocycles. The van der Waals surface area contributed by atoms with Crippen LogP contribution in [0.5, 0.6) is 0 Å². The van der Waals surface area contributed by atoms with E-state index >= 15 is 0 Å². The molecule has 3 rings (SSSR count). The third-order valence-electron chi connectivity index (χ3n) is 4.78. The number of benzene rings is 1. The fraction of sp³-hybridized carbons (Fsp3) is 0.368. The van der Waals surface area contributed by atoms with Crippen molar-refractivity contribution in [2.24, 2.45) is 17.8 Å². The quantitative estimate of drug-likeness (QED) is 0.824. The number of aliphatic hydroxyl groups excluding tert-OH is 1. The fourth-order valence-corrected chi connectivity index (χ4v) is 4.55. The number of nitrogens with one attached hydrogen (secondary N) is 1. The Morgan fingerprint density at radius 3 is 2.42 bits per heavy atom. The van der Waals surface area contributed by atoms with E-state index in [-0.39, 0.29) is 35.3 Å². The van der Waals surface area contributed by atoms with Crippen LogP contribution in [0, 0.1) is 24.7 Å². The van der Waals surface area contributed by atoms with E-state index in [0.29, 0.717) is 0 Å². The second-order valence-corrected chi connectivity index (χ2v) is 8.24. The molecule has 1 aromatic rings. The van der Waals surface area contributed by atoms with Gasteiger partial charge in [-0.3, -0.25) is 0 Å². The summed E-state index contributed by atoms with van der Waals surface area (Å²) in [6.45, 7) is 2.03. The molecule has 0 amide bonds. The Kier molecular flexibility index (Phi) is 5.04. The van der Waals surface area contributed by atoms with Crippen LogP contribution in [-0.4, -0.2) is 26.2 Å². The zero-order chi connectivity index (χ0) is 17.2. The van der Waals surface area contributed by atoms with Gasteiger partial charge in [-0.15, -0.1) is 0 Å². The van der Waals surface area contributed by atoms with Gasteiger partial charge in [-0.25, -0.2) is 13.1 Å². The molecule has 0 fully saturated rings. The first-order chi connectivity index (χ1) is 11.5. The minimum atomic E-state index is -3.57. The van der Waals surface area contributed by atoms with Crippen molar-refractivity contribution < 1.29 is 13.5 Å². The van der Waals surface area contributed by atoms with Crippen molar-refractivity contribution in [1.29, 1.82) is 0 Å². The fourth-order valence-electron chi connectivity index (χ4n) is 3.30. The highest BCUT2D eigenvalue weighted by atomic mass is 32.2. The largest absolute Gasteiger partial charge is 0.396 e. The predicted octanol–water partition coefficient (Wildman–Crippen LogP) is 2.57. The molecule has 4 atom stereocenters. The van der Waals surface area contributed by atoms with Crippen LogP contribution in [0.15, 0.2) is 65.6 Å². The summed E-state index contributed by atoms with van der Waals surface area (Å²) in [5, 5.41) is 9.52. The molecule has 1 aromatic carbocycles. The molecule has 0 radical (unpaired) electrons. The molecule has 2 bridgehead atoms. The smallest absolute Gasteiger partial charge is 0.241 e. The first-order valence-electron chi connectivity index (χ1n) is 8.23. The summed E-state index contributed by atoms with van der Waals surface area (Å²) in [5.74, 6) is 0.436. The molecule has 2 aliphatic rings.